The molecular formula is C11H14ClN3O2. The third-order valence-electron chi connectivity index (χ3n) is 2.98. The summed E-state index contributed by atoms with van der Waals surface area (Å²) >= 11 is 6.03. The number of rotatable bonds is 3. The minimum atomic E-state index is -0.392. The van der Waals surface area contributed by atoms with Gasteiger partial charge in [-0.2, -0.15) is 0 Å². The van der Waals surface area contributed by atoms with Crippen molar-refractivity contribution in [3.8, 4) is 0 Å². The Balaban J connectivity index is 2.22. The second kappa shape index (κ2) is 5.00. The van der Waals surface area contributed by atoms with E-state index in [1.165, 1.54) is 6.07 Å². The SMILES string of the molecule is N[C@H]1CCN(Cc2c(Cl)cccc2[N+](=O)[O-])C1. The van der Waals surface area contributed by atoms with Crippen molar-refractivity contribution in [1.82, 2.24) is 4.90 Å². The molecule has 1 aliphatic heterocycles. The second-order valence-electron chi connectivity index (χ2n) is 4.28. The van der Waals surface area contributed by atoms with E-state index < -0.39 is 4.92 Å². The topological polar surface area (TPSA) is 72.4 Å². The van der Waals surface area contributed by atoms with Gasteiger partial charge in [-0.1, -0.05) is 17.7 Å². The van der Waals surface area contributed by atoms with Gasteiger partial charge in [0.15, 0.2) is 0 Å². The number of halogens is 1. The first-order chi connectivity index (χ1) is 8.08. The van der Waals surface area contributed by atoms with Gasteiger partial charge in [0, 0.05) is 31.7 Å². The Kier molecular flexibility index (Phi) is 3.61. The standard InChI is InChI=1S/C11H14ClN3O2/c12-10-2-1-3-11(15(16)17)9(10)7-14-5-4-8(13)6-14/h1-3,8H,4-7,13H2/t8-/m0/s1. The Morgan fingerprint density at radius 3 is 2.94 bits per heavy atom. The molecule has 5 nitrogen and oxygen atoms in total. The predicted octanol–water partition coefficient (Wildman–Crippen LogP) is 1.78. The van der Waals surface area contributed by atoms with Gasteiger partial charge in [-0.15, -0.1) is 0 Å². The zero-order valence-corrected chi connectivity index (χ0v) is 10.1. The maximum atomic E-state index is 10.9. The van der Waals surface area contributed by atoms with Crippen LogP contribution in [0.5, 0.6) is 0 Å². The first-order valence-electron chi connectivity index (χ1n) is 5.47. The minimum Gasteiger partial charge on any atom is -0.326 e. The molecule has 1 aromatic rings. The van der Waals surface area contributed by atoms with Crippen LogP contribution in [0.3, 0.4) is 0 Å². The molecular weight excluding hydrogens is 242 g/mol. The molecule has 0 aromatic heterocycles. The molecule has 92 valence electrons. The van der Waals surface area contributed by atoms with E-state index >= 15 is 0 Å². The highest BCUT2D eigenvalue weighted by Crippen LogP contribution is 2.28. The maximum Gasteiger partial charge on any atom is 0.275 e. The number of hydrogen-bond donors (Lipinski definition) is 1. The summed E-state index contributed by atoms with van der Waals surface area (Å²) in [5.41, 5.74) is 6.46. The van der Waals surface area contributed by atoms with Crippen LogP contribution in [-0.2, 0) is 6.54 Å². The van der Waals surface area contributed by atoms with Gasteiger partial charge in [-0.05, 0) is 12.5 Å². The van der Waals surface area contributed by atoms with E-state index in [4.69, 9.17) is 17.3 Å². The van der Waals surface area contributed by atoms with Crippen LogP contribution in [0.25, 0.3) is 0 Å². The van der Waals surface area contributed by atoms with Crippen molar-refractivity contribution in [2.45, 2.75) is 19.0 Å². The quantitative estimate of drug-likeness (QED) is 0.660. The molecule has 0 spiro atoms. The highest BCUT2D eigenvalue weighted by Gasteiger charge is 2.24. The van der Waals surface area contributed by atoms with Crippen LogP contribution >= 0.6 is 11.6 Å². The fourth-order valence-electron chi connectivity index (χ4n) is 2.10. The van der Waals surface area contributed by atoms with E-state index in [-0.39, 0.29) is 11.7 Å². The largest absolute Gasteiger partial charge is 0.326 e. The highest BCUT2D eigenvalue weighted by molar-refractivity contribution is 6.31. The minimum absolute atomic E-state index is 0.0815. The van der Waals surface area contributed by atoms with Crippen molar-refractivity contribution in [3.63, 3.8) is 0 Å². The lowest BCUT2D eigenvalue weighted by Gasteiger charge is -2.15. The van der Waals surface area contributed by atoms with Gasteiger partial charge in [0.05, 0.1) is 15.5 Å². The van der Waals surface area contributed by atoms with E-state index in [0.29, 0.717) is 17.1 Å². The maximum absolute atomic E-state index is 10.9. The molecule has 0 amide bonds. The van der Waals surface area contributed by atoms with Crippen molar-refractivity contribution in [3.05, 3.63) is 38.9 Å². The molecule has 0 aliphatic carbocycles. The molecule has 1 atom stereocenters. The summed E-state index contributed by atoms with van der Waals surface area (Å²) in [4.78, 5) is 12.6. The fourth-order valence-corrected chi connectivity index (χ4v) is 2.33. The first-order valence-corrected chi connectivity index (χ1v) is 5.85. The van der Waals surface area contributed by atoms with Crippen molar-refractivity contribution in [2.75, 3.05) is 13.1 Å². The monoisotopic (exact) mass is 255 g/mol. The van der Waals surface area contributed by atoms with Crippen LogP contribution in [0.15, 0.2) is 18.2 Å². The van der Waals surface area contributed by atoms with Crippen LogP contribution in [0, 0.1) is 10.1 Å². The summed E-state index contributed by atoms with van der Waals surface area (Å²) in [6, 6.07) is 4.92. The lowest BCUT2D eigenvalue weighted by molar-refractivity contribution is -0.385. The van der Waals surface area contributed by atoms with Crippen LogP contribution in [0.2, 0.25) is 5.02 Å². The number of nitro groups is 1. The van der Waals surface area contributed by atoms with E-state index in [9.17, 15) is 10.1 Å². The van der Waals surface area contributed by atoms with Crippen molar-refractivity contribution in [1.29, 1.82) is 0 Å². The van der Waals surface area contributed by atoms with Crippen LogP contribution in [0.1, 0.15) is 12.0 Å². The number of hydrogen-bond acceptors (Lipinski definition) is 4. The molecule has 0 saturated carbocycles. The molecule has 1 heterocycles. The van der Waals surface area contributed by atoms with Gasteiger partial charge in [0.25, 0.3) is 5.69 Å². The average Bonchev–Trinajstić information content (AvgIpc) is 2.67. The van der Waals surface area contributed by atoms with Gasteiger partial charge in [-0.25, -0.2) is 0 Å². The summed E-state index contributed by atoms with van der Waals surface area (Å²) in [6.07, 6.45) is 0.929. The Bertz CT molecular complexity index is 439. The second-order valence-corrected chi connectivity index (χ2v) is 4.69. The normalized spacial score (nSPS) is 20.7. The zero-order valence-electron chi connectivity index (χ0n) is 9.30. The van der Waals surface area contributed by atoms with Gasteiger partial charge in [0.2, 0.25) is 0 Å². The van der Waals surface area contributed by atoms with Gasteiger partial charge in [0.1, 0.15) is 0 Å². The average molecular weight is 256 g/mol. The summed E-state index contributed by atoms with van der Waals surface area (Å²) < 4.78 is 0. The lowest BCUT2D eigenvalue weighted by atomic mass is 10.1. The summed E-state index contributed by atoms with van der Waals surface area (Å²) in [5, 5.41) is 11.4. The highest BCUT2D eigenvalue weighted by atomic mass is 35.5. The van der Waals surface area contributed by atoms with Crippen LogP contribution < -0.4 is 5.73 Å². The Morgan fingerprint density at radius 2 is 2.35 bits per heavy atom. The van der Waals surface area contributed by atoms with Crippen molar-refractivity contribution < 1.29 is 4.92 Å². The number of likely N-dealkylation sites (tertiary alicyclic amines) is 1. The number of nitrogens with zero attached hydrogens (tertiary/aromatic N) is 2. The molecule has 17 heavy (non-hydrogen) atoms. The molecule has 0 bridgehead atoms. The molecule has 2 N–H and O–H groups in total. The Hall–Kier alpha value is -1.17. The number of nitrogens with two attached hydrogens (primary N) is 1. The molecule has 2 rings (SSSR count). The summed E-state index contributed by atoms with van der Waals surface area (Å²) in [5.74, 6) is 0. The van der Waals surface area contributed by atoms with E-state index in [2.05, 4.69) is 4.90 Å². The number of benzene rings is 1. The molecule has 1 saturated heterocycles. The molecule has 1 aliphatic rings. The molecule has 1 fully saturated rings. The van der Waals surface area contributed by atoms with Crippen molar-refractivity contribution >= 4 is 17.3 Å². The molecule has 1 aromatic carbocycles. The van der Waals surface area contributed by atoms with Crippen LogP contribution in [-0.4, -0.2) is 29.0 Å². The Labute approximate surface area is 104 Å². The van der Waals surface area contributed by atoms with Gasteiger partial charge < -0.3 is 5.73 Å². The zero-order chi connectivity index (χ0) is 12.4. The Morgan fingerprint density at radius 1 is 1.59 bits per heavy atom. The predicted molar refractivity (Wildman–Crippen MR) is 66.0 cm³/mol. The summed E-state index contributed by atoms with van der Waals surface area (Å²) in [6.45, 7) is 2.12. The molecule has 0 radical (unpaired) electrons. The third-order valence-corrected chi connectivity index (χ3v) is 3.34. The first kappa shape index (κ1) is 12.3. The van der Waals surface area contributed by atoms with Gasteiger partial charge >= 0.3 is 0 Å². The fraction of sp³-hybridized carbons (Fsp3) is 0.455. The van der Waals surface area contributed by atoms with Gasteiger partial charge in [-0.3, -0.25) is 15.0 Å². The number of nitro benzene ring substituents is 1. The van der Waals surface area contributed by atoms with Crippen LogP contribution in [0.4, 0.5) is 5.69 Å². The van der Waals surface area contributed by atoms with E-state index in [1.807, 2.05) is 0 Å². The summed E-state index contributed by atoms with van der Waals surface area (Å²) in [7, 11) is 0. The molecule has 6 heteroatoms. The third kappa shape index (κ3) is 2.74. The lowest BCUT2D eigenvalue weighted by Crippen LogP contribution is -2.26. The molecule has 0 unspecified atom stereocenters. The van der Waals surface area contributed by atoms with E-state index in [0.717, 1.165) is 19.5 Å². The smallest absolute Gasteiger partial charge is 0.275 e. The van der Waals surface area contributed by atoms with E-state index in [1.54, 1.807) is 12.1 Å². The van der Waals surface area contributed by atoms with Crippen molar-refractivity contribution in [2.24, 2.45) is 5.73 Å².